The summed E-state index contributed by atoms with van der Waals surface area (Å²) in [7, 11) is 1.37. The molecule has 0 unspecified atom stereocenters. The molecule has 3 amide bonds. The fourth-order valence-corrected chi connectivity index (χ4v) is 0.566. The van der Waals surface area contributed by atoms with E-state index in [0.717, 1.165) is 0 Å². The highest BCUT2D eigenvalue weighted by atomic mass is 16.4. The lowest BCUT2D eigenvalue weighted by atomic mass is 10.3. The largest absolute Gasteiger partial charge is 0.480 e. The van der Waals surface area contributed by atoms with E-state index in [2.05, 4.69) is 10.6 Å². The number of imide groups is 1. The van der Waals surface area contributed by atoms with Gasteiger partial charge in [0.05, 0.1) is 6.54 Å². The van der Waals surface area contributed by atoms with Gasteiger partial charge in [0.1, 0.15) is 6.04 Å². The lowest BCUT2D eigenvalue weighted by Crippen LogP contribution is -2.45. The first kappa shape index (κ1) is 12.4. The van der Waals surface area contributed by atoms with Gasteiger partial charge in [-0.05, 0) is 6.92 Å². The van der Waals surface area contributed by atoms with Gasteiger partial charge in [-0.15, -0.1) is 0 Å². The highest BCUT2D eigenvalue weighted by molar-refractivity contribution is 5.95. The first-order chi connectivity index (χ1) is 6.47. The molecule has 0 rings (SSSR count). The number of rotatable bonds is 4. The van der Waals surface area contributed by atoms with E-state index in [-0.39, 0.29) is 6.54 Å². The fourth-order valence-electron chi connectivity index (χ4n) is 0.566. The number of carboxylic acids is 1. The van der Waals surface area contributed by atoms with Crippen molar-refractivity contribution in [1.82, 2.24) is 16.0 Å². The molecule has 0 heterocycles. The molecule has 0 fully saturated rings. The molecule has 80 valence electrons. The van der Waals surface area contributed by atoms with E-state index in [4.69, 9.17) is 5.11 Å². The van der Waals surface area contributed by atoms with Crippen molar-refractivity contribution in [2.45, 2.75) is 13.0 Å². The SMILES string of the molecule is CNC(=O)NC(=O)CN[C@@H](C)C(=O)O. The molecule has 0 aromatic carbocycles. The van der Waals surface area contributed by atoms with E-state index in [1.165, 1.54) is 14.0 Å². The second-order valence-corrected chi connectivity index (χ2v) is 2.57. The van der Waals surface area contributed by atoms with Crippen LogP contribution < -0.4 is 16.0 Å². The van der Waals surface area contributed by atoms with Gasteiger partial charge < -0.3 is 10.4 Å². The molecule has 0 radical (unpaired) electrons. The van der Waals surface area contributed by atoms with Crippen LogP contribution in [0.1, 0.15) is 6.92 Å². The van der Waals surface area contributed by atoms with Crippen LogP contribution in [0.3, 0.4) is 0 Å². The molecule has 0 aromatic rings. The summed E-state index contributed by atoms with van der Waals surface area (Å²) in [5.41, 5.74) is 0. The van der Waals surface area contributed by atoms with Crippen LogP contribution in [-0.2, 0) is 9.59 Å². The molecule has 0 saturated carbocycles. The summed E-state index contributed by atoms with van der Waals surface area (Å²) in [5.74, 6) is -1.64. The number of urea groups is 1. The Morgan fingerprint density at radius 3 is 2.36 bits per heavy atom. The predicted octanol–water partition coefficient (Wildman–Crippen LogP) is -1.50. The molecule has 0 spiro atoms. The third kappa shape index (κ3) is 5.09. The lowest BCUT2D eigenvalue weighted by molar-refractivity contribution is -0.139. The topological polar surface area (TPSA) is 108 Å². The van der Waals surface area contributed by atoms with Crippen LogP contribution in [0, 0.1) is 0 Å². The summed E-state index contributed by atoms with van der Waals surface area (Å²) in [6.07, 6.45) is 0. The first-order valence-corrected chi connectivity index (χ1v) is 3.95. The Bertz CT molecular complexity index is 241. The Hall–Kier alpha value is -1.63. The third-order valence-electron chi connectivity index (χ3n) is 1.42. The molecule has 7 nitrogen and oxygen atoms in total. The Morgan fingerprint density at radius 2 is 1.93 bits per heavy atom. The molecule has 4 N–H and O–H groups in total. The molecule has 0 aromatic heterocycles. The average Bonchev–Trinajstić information content (AvgIpc) is 2.13. The van der Waals surface area contributed by atoms with Crippen molar-refractivity contribution in [3.8, 4) is 0 Å². The zero-order valence-corrected chi connectivity index (χ0v) is 7.96. The number of carboxylic acid groups (broad SMARTS) is 1. The van der Waals surface area contributed by atoms with E-state index in [1.807, 2.05) is 5.32 Å². The van der Waals surface area contributed by atoms with Crippen molar-refractivity contribution in [2.75, 3.05) is 13.6 Å². The summed E-state index contributed by atoms with van der Waals surface area (Å²) in [6, 6.07) is -1.45. The summed E-state index contributed by atoms with van der Waals surface area (Å²) >= 11 is 0. The van der Waals surface area contributed by atoms with Gasteiger partial charge in [0.15, 0.2) is 0 Å². The van der Waals surface area contributed by atoms with E-state index < -0.39 is 23.9 Å². The fraction of sp³-hybridized carbons (Fsp3) is 0.571. The van der Waals surface area contributed by atoms with Crippen LogP contribution >= 0.6 is 0 Å². The number of amides is 3. The highest BCUT2D eigenvalue weighted by Crippen LogP contribution is 1.79. The standard InChI is InChI=1S/C7H13N3O4/c1-4(6(12)13)9-3-5(11)10-7(14)8-2/h4,9H,3H2,1-2H3,(H,12,13)(H2,8,10,11,14)/t4-/m0/s1. The minimum absolute atomic E-state index is 0.221. The molecule has 0 aliphatic rings. The molecule has 0 saturated heterocycles. The molecule has 7 heteroatoms. The summed E-state index contributed by atoms with van der Waals surface area (Å²) < 4.78 is 0. The molecular formula is C7H13N3O4. The monoisotopic (exact) mass is 203 g/mol. The van der Waals surface area contributed by atoms with Crippen molar-refractivity contribution in [2.24, 2.45) is 0 Å². The Morgan fingerprint density at radius 1 is 1.36 bits per heavy atom. The maximum absolute atomic E-state index is 10.9. The zero-order valence-electron chi connectivity index (χ0n) is 7.96. The number of carbonyl (C=O) groups is 3. The highest BCUT2D eigenvalue weighted by Gasteiger charge is 2.12. The Balaban J connectivity index is 3.74. The molecular weight excluding hydrogens is 190 g/mol. The quantitative estimate of drug-likeness (QED) is 0.445. The molecule has 14 heavy (non-hydrogen) atoms. The van der Waals surface area contributed by atoms with Crippen LogP contribution in [0.5, 0.6) is 0 Å². The van der Waals surface area contributed by atoms with Gasteiger partial charge in [0, 0.05) is 7.05 Å². The van der Waals surface area contributed by atoms with Crippen molar-refractivity contribution < 1.29 is 19.5 Å². The van der Waals surface area contributed by atoms with Crippen LogP contribution in [0.25, 0.3) is 0 Å². The second-order valence-electron chi connectivity index (χ2n) is 2.57. The summed E-state index contributed by atoms with van der Waals surface area (Å²) in [6.45, 7) is 1.18. The predicted molar refractivity (Wildman–Crippen MR) is 47.7 cm³/mol. The minimum Gasteiger partial charge on any atom is -0.480 e. The third-order valence-corrected chi connectivity index (χ3v) is 1.42. The Labute approximate surface area is 80.9 Å². The van der Waals surface area contributed by atoms with Gasteiger partial charge >= 0.3 is 12.0 Å². The Kier molecular flexibility index (Phi) is 5.23. The van der Waals surface area contributed by atoms with Crippen LogP contribution in [0.2, 0.25) is 0 Å². The molecule has 0 bridgehead atoms. The zero-order chi connectivity index (χ0) is 11.1. The van der Waals surface area contributed by atoms with E-state index in [1.54, 1.807) is 0 Å². The van der Waals surface area contributed by atoms with Gasteiger partial charge in [-0.1, -0.05) is 0 Å². The van der Waals surface area contributed by atoms with Crippen molar-refractivity contribution in [3.63, 3.8) is 0 Å². The number of hydrogen-bond donors (Lipinski definition) is 4. The molecule has 0 aliphatic heterocycles. The molecule has 0 aliphatic carbocycles. The number of hydrogen-bond acceptors (Lipinski definition) is 4. The second kappa shape index (κ2) is 5.92. The lowest BCUT2D eigenvalue weighted by Gasteiger charge is -2.08. The maximum atomic E-state index is 10.9. The van der Waals surface area contributed by atoms with Crippen LogP contribution in [-0.4, -0.2) is 42.6 Å². The smallest absolute Gasteiger partial charge is 0.321 e. The molecule has 1 atom stereocenters. The van der Waals surface area contributed by atoms with Crippen LogP contribution in [0.4, 0.5) is 4.79 Å². The normalized spacial score (nSPS) is 11.6. The van der Waals surface area contributed by atoms with E-state index >= 15 is 0 Å². The summed E-state index contributed by atoms with van der Waals surface area (Å²) in [5, 5.41) is 15.0. The van der Waals surface area contributed by atoms with E-state index in [0.29, 0.717) is 0 Å². The average molecular weight is 203 g/mol. The maximum Gasteiger partial charge on any atom is 0.321 e. The van der Waals surface area contributed by atoms with Crippen LogP contribution in [0.15, 0.2) is 0 Å². The summed E-state index contributed by atoms with van der Waals surface area (Å²) in [4.78, 5) is 31.8. The van der Waals surface area contributed by atoms with Gasteiger partial charge in [-0.2, -0.15) is 0 Å². The van der Waals surface area contributed by atoms with Crippen molar-refractivity contribution >= 4 is 17.9 Å². The van der Waals surface area contributed by atoms with Gasteiger partial charge in [0.25, 0.3) is 0 Å². The van der Waals surface area contributed by atoms with Gasteiger partial charge in [-0.25, -0.2) is 4.79 Å². The van der Waals surface area contributed by atoms with E-state index in [9.17, 15) is 14.4 Å². The minimum atomic E-state index is -1.06. The van der Waals surface area contributed by atoms with Gasteiger partial charge in [0.2, 0.25) is 5.91 Å². The number of carbonyl (C=O) groups excluding carboxylic acids is 2. The number of aliphatic carboxylic acids is 1. The van der Waals surface area contributed by atoms with Crippen molar-refractivity contribution in [3.05, 3.63) is 0 Å². The first-order valence-electron chi connectivity index (χ1n) is 3.95. The number of nitrogens with one attached hydrogen (secondary N) is 3. The van der Waals surface area contributed by atoms with Crippen molar-refractivity contribution in [1.29, 1.82) is 0 Å². The van der Waals surface area contributed by atoms with Gasteiger partial charge in [-0.3, -0.25) is 20.2 Å².